The van der Waals surface area contributed by atoms with Gasteiger partial charge in [0.1, 0.15) is 5.82 Å². The zero-order chi connectivity index (χ0) is 16.2. The molecule has 0 saturated carbocycles. The highest BCUT2D eigenvalue weighted by Gasteiger charge is 2.25. The van der Waals surface area contributed by atoms with Gasteiger partial charge in [-0.25, -0.2) is 4.39 Å². The van der Waals surface area contributed by atoms with E-state index in [1.807, 2.05) is 17.1 Å². The molecule has 23 heavy (non-hydrogen) atoms. The van der Waals surface area contributed by atoms with E-state index < -0.39 is 0 Å². The van der Waals surface area contributed by atoms with Crippen LogP contribution in [0.3, 0.4) is 0 Å². The minimum absolute atomic E-state index is 0.0487. The third-order valence-electron chi connectivity index (χ3n) is 4.17. The molecule has 0 amide bonds. The largest absolute Gasteiger partial charge is 0.394 e. The fourth-order valence-electron chi connectivity index (χ4n) is 2.79. The van der Waals surface area contributed by atoms with E-state index in [-0.39, 0.29) is 18.5 Å². The van der Waals surface area contributed by atoms with Gasteiger partial charge in [-0.05, 0) is 24.6 Å². The number of hydrogen-bond donors (Lipinski definition) is 1. The van der Waals surface area contributed by atoms with Crippen LogP contribution in [-0.2, 0) is 17.8 Å². The van der Waals surface area contributed by atoms with Crippen molar-refractivity contribution in [2.24, 2.45) is 0 Å². The second-order valence-corrected chi connectivity index (χ2v) is 6.09. The minimum atomic E-state index is -0.227. The smallest absolute Gasteiger partial charge is 0.123 e. The Balaban J connectivity index is 1.61. The number of benzene rings is 1. The first-order chi connectivity index (χ1) is 11.1. The minimum Gasteiger partial charge on any atom is -0.394 e. The van der Waals surface area contributed by atoms with Gasteiger partial charge in [-0.1, -0.05) is 12.1 Å². The third-order valence-corrected chi connectivity index (χ3v) is 4.17. The van der Waals surface area contributed by atoms with Gasteiger partial charge in [0.25, 0.3) is 0 Å². The van der Waals surface area contributed by atoms with E-state index >= 15 is 0 Å². The predicted octanol–water partition coefficient (Wildman–Crippen LogP) is 1.65. The lowest BCUT2D eigenvalue weighted by molar-refractivity contribution is -0.0805. The fourth-order valence-corrected chi connectivity index (χ4v) is 2.79. The van der Waals surface area contributed by atoms with E-state index in [0.717, 1.165) is 24.2 Å². The summed E-state index contributed by atoms with van der Waals surface area (Å²) >= 11 is 0. The van der Waals surface area contributed by atoms with Crippen LogP contribution in [0.4, 0.5) is 4.39 Å². The summed E-state index contributed by atoms with van der Waals surface area (Å²) in [4.78, 5) is 2.30. The van der Waals surface area contributed by atoms with Crippen molar-refractivity contribution in [2.45, 2.75) is 32.2 Å². The molecule has 1 fully saturated rings. The summed E-state index contributed by atoms with van der Waals surface area (Å²) in [5.41, 5.74) is 2.14. The van der Waals surface area contributed by atoms with Crippen LogP contribution < -0.4 is 0 Å². The molecule has 1 saturated heterocycles. The van der Waals surface area contributed by atoms with Crippen LogP contribution in [0.25, 0.3) is 0 Å². The molecular weight excluding hydrogens is 297 g/mol. The Bertz CT molecular complexity index is 629. The van der Waals surface area contributed by atoms with Crippen molar-refractivity contribution in [2.75, 3.05) is 19.8 Å². The van der Waals surface area contributed by atoms with Crippen LogP contribution in [0, 0.1) is 5.82 Å². The number of hydrogen-bond acceptors (Lipinski definition) is 4. The molecule has 1 N–H and O–H groups in total. The number of halogens is 1. The molecule has 1 aliphatic rings. The lowest BCUT2D eigenvalue weighted by Gasteiger charge is -2.37. The van der Waals surface area contributed by atoms with Crippen LogP contribution in [0.2, 0.25) is 0 Å². The molecule has 2 heterocycles. The summed E-state index contributed by atoms with van der Waals surface area (Å²) < 4.78 is 20.3. The number of rotatable bonds is 5. The van der Waals surface area contributed by atoms with E-state index in [1.54, 1.807) is 12.1 Å². The Morgan fingerprint density at radius 2 is 2.04 bits per heavy atom. The van der Waals surface area contributed by atoms with Crippen LogP contribution in [-0.4, -0.2) is 51.7 Å². The first-order valence-electron chi connectivity index (χ1n) is 7.86. The average molecular weight is 319 g/mol. The Labute approximate surface area is 135 Å². The van der Waals surface area contributed by atoms with E-state index in [2.05, 4.69) is 16.9 Å². The third kappa shape index (κ3) is 4.16. The Kier molecular flexibility index (Phi) is 5.05. The lowest BCUT2D eigenvalue weighted by Crippen LogP contribution is -2.48. The van der Waals surface area contributed by atoms with E-state index in [0.29, 0.717) is 19.2 Å². The molecule has 124 valence electrons. The summed E-state index contributed by atoms with van der Waals surface area (Å²) in [6.45, 7) is 4.93. The van der Waals surface area contributed by atoms with Crippen molar-refractivity contribution in [1.29, 1.82) is 0 Å². The van der Waals surface area contributed by atoms with Crippen LogP contribution >= 0.6 is 0 Å². The molecule has 0 bridgehead atoms. The van der Waals surface area contributed by atoms with E-state index in [1.165, 1.54) is 12.1 Å². The second kappa shape index (κ2) is 7.21. The van der Waals surface area contributed by atoms with Crippen molar-refractivity contribution in [3.8, 4) is 0 Å². The van der Waals surface area contributed by atoms with Crippen LogP contribution in [0.15, 0.2) is 36.7 Å². The van der Waals surface area contributed by atoms with Crippen molar-refractivity contribution >= 4 is 0 Å². The number of aromatic nitrogens is 2. The van der Waals surface area contributed by atoms with Gasteiger partial charge in [-0.15, -0.1) is 0 Å². The summed E-state index contributed by atoms with van der Waals surface area (Å²) in [5, 5.41) is 13.6. The first kappa shape index (κ1) is 16.1. The van der Waals surface area contributed by atoms with E-state index in [9.17, 15) is 9.50 Å². The van der Waals surface area contributed by atoms with Crippen molar-refractivity contribution < 1.29 is 14.2 Å². The predicted molar refractivity (Wildman–Crippen MR) is 84.4 cm³/mol. The lowest BCUT2D eigenvalue weighted by atomic mass is 10.2. The maximum absolute atomic E-state index is 12.9. The molecule has 6 heteroatoms. The van der Waals surface area contributed by atoms with Crippen molar-refractivity contribution in [3.05, 3.63) is 53.6 Å². The standard InChI is InChI=1S/C17H22FN3O2/c1-13-12-23-17(11-22)10-20(13)7-15-6-19-21(9-15)8-14-2-4-16(18)5-3-14/h2-6,9,13,17,22H,7-8,10-12H2,1H3/t13-,17+/m0/s1. The molecule has 2 aromatic rings. The molecule has 0 radical (unpaired) electrons. The highest BCUT2D eigenvalue weighted by Crippen LogP contribution is 2.15. The molecule has 0 spiro atoms. The van der Waals surface area contributed by atoms with Crippen LogP contribution in [0.5, 0.6) is 0 Å². The molecule has 3 rings (SSSR count). The fraction of sp³-hybridized carbons (Fsp3) is 0.471. The maximum atomic E-state index is 12.9. The highest BCUT2D eigenvalue weighted by molar-refractivity contribution is 5.17. The van der Waals surface area contributed by atoms with Gasteiger partial charge in [-0.3, -0.25) is 9.58 Å². The topological polar surface area (TPSA) is 50.5 Å². The maximum Gasteiger partial charge on any atom is 0.123 e. The number of ether oxygens (including phenoxy) is 1. The molecule has 0 aliphatic carbocycles. The molecule has 5 nitrogen and oxygen atoms in total. The number of aliphatic hydroxyl groups is 1. The summed E-state index contributed by atoms with van der Waals surface area (Å²) in [6.07, 6.45) is 3.76. The first-order valence-corrected chi connectivity index (χ1v) is 7.86. The summed E-state index contributed by atoms with van der Waals surface area (Å²) in [5.74, 6) is -0.227. The molecular formula is C17H22FN3O2. The van der Waals surface area contributed by atoms with Crippen molar-refractivity contribution in [1.82, 2.24) is 14.7 Å². The van der Waals surface area contributed by atoms with Crippen LogP contribution in [0.1, 0.15) is 18.1 Å². The molecule has 1 aromatic heterocycles. The quantitative estimate of drug-likeness (QED) is 0.910. The van der Waals surface area contributed by atoms with Gasteiger partial charge in [0.2, 0.25) is 0 Å². The zero-order valence-electron chi connectivity index (χ0n) is 13.2. The van der Waals surface area contributed by atoms with Gasteiger partial charge >= 0.3 is 0 Å². The SMILES string of the molecule is C[C@H]1CO[C@@H](CO)CN1Cc1cnn(Cc2ccc(F)cc2)c1. The molecule has 0 unspecified atom stereocenters. The number of nitrogens with zero attached hydrogens (tertiary/aromatic N) is 3. The summed E-state index contributed by atoms with van der Waals surface area (Å²) in [7, 11) is 0. The molecule has 1 aromatic carbocycles. The number of aliphatic hydroxyl groups excluding tert-OH is 1. The Morgan fingerprint density at radius 3 is 2.78 bits per heavy atom. The van der Waals surface area contributed by atoms with Gasteiger partial charge in [0, 0.05) is 30.9 Å². The second-order valence-electron chi connectivity index (χ2n) is 6.09. The van der Waals surface area contributed by atoms with Gasteiger partial charge < -0.3 is 9.84 Å². The summed E-state index contributed by atoms with van der Waals surface area (Å²) in [6, 6.07) is 6.78. The molecule has 1 aliphatic heterocycles. The highest BCUT2D eigenvalue weighted by atomic mass is 19.1. The number of morpholine rings is 1. The van der Waals surface area contributed by atoms with Gasteiger partial charge in [0.05, 0.1) is 32.1 Å². The zero-order valence-corrected chi connectivity index (χ0v) is 13.2. The average Bonchev–Trinajstić information content (AvgIpc) is 2.99. The normalized spacial score (nSPS) is 22.4. The van der Waals surface area contributed by atoms with Gasteiger partial charge in [-0.2, -0.15) is 5.10 Å². The van der Waals surface area contributed by atoms with Gasteiger partial charge in [0.15, 0.2) is 0 Å². The Hall–Kier alpha value is -1.76. The molecule has 2 atom stereocenters. The van der Waals surface area contributed by atoms with Crippen molar-refractivity contribution in [3.63, 3.8) is 0 Å². The Morgan fingerprint density at radius 1 is 1.26 bits per heavy atom. The van der Waals surface area contributed by atoms with E-state index in [4.69, 9.17) is 4.74 Å². The monoisotopic (exact) mass is 319 g/mol.